The zero-order valence-electron chi connectivity index (χ0n) is 35.2. The first kappa shape index (κ1) is 40.8. The van der Waals surface area contributed by atoms with Gasteiger partial charge in [0.1, 0.15) is 24.4 Å². The molecule has 2 aliphatic heterocycles. The van der Waals surface area contributed by atoms with E-state index in [1.807, 2.05) is 66.7 Å². The normalized spacial score (nSPS) is 30.5. The number of benzene rings is 3. The van der Waals surface area contributed by atoms with Crippen LogP contribution in [0.25, 0.3) is 6.08 Å². The fourth-order valence-electron chi connectivity index (χ4n) is 10.9. The number of rotatable bonds is 10. The van der Waals surface area contributed by atoms with Crippen LogP contribution in [0.4, 0.5) is 0 Å². The molecule has 3 aromatic carbocycles. The summed E-state index contributed by atoms with van der Waals surface area (Å²) >= 11 is 0. The molecule has 10 heteroatoms. The summed E-state index contributed by atoms with van der Waals surface area (Å²) in [5.74, 6) is -0.981. The predicted octanol–water partition coefficient (Wildman–Crippen LogP) is 6.78. The molecule has 2 amide bonds. The highest BCUT2D eigenvalue weighted by Crippen LogP contribution is 2.60. The van der Waals surface area contributed by atoms with Crippen LogP contribution < -0.4 is 5.32 Å². The number of amides is 2. The van der Waals surface area contributed by atoms with E-state index in [0.29, 0.717) is 47.3 Å². The van der Waals surface area contributed by atoms with Crippen LogP contribution in [0.2, 0.25) is 0 Å². The van der Waals surface area contributed by atoms with Crippen molar-refractivity contribution in [2.75, 3.05) is 20.2 Å². The monoisotopic (exact) mass is 814 g/mol. The molecule has 3 aromatic rings. The summed E-state index contributed by atoms with van der Waals surface area (Å²) in [5.41, 5.74) is 6.87. The van der Waals surface area contributed by atoms with Crippen molar-refractivity contribution < 1.29 is 38.4 Å². The van der Waals surface area contributed by atoms with Gasteiger partial charge in [0, 0.05) is 44.8 Å². The van der Waals surface area contributed by atoms with Gasteiger partial charge in [0.2, 0.25) is 11.8 Å². The molecule has 4 aliphatic carbocycles. The predicted molar refractivity (Wildman–Crippen MR) is 227 cm³/mol. The van der Waals surface area contributed by atoms with E-state index in [1.54, 1.807) is 13.1 Å². The van der Waals surface area contributed by atoms with E-state index in [1.165, 1.54) is 23.3 Å². The minimum absolute atomic E-state index is 0.0338. The number of allylic oxidation sites excluding steroid dienone is 1. The number of carbonyl (C=O) groups excluding carboxylic acids is 3. The molecule has 10 nitrogen and oxygen atoms in total. The van der Waals surface area contributed by atoms with E-state index in [-0.39, 0.29) is 43.4 Å². The van der Waals surface area contributed by atoms with Crippen molar-refractivity contribution in [3.8, 4) is 0 Å². The van der Waals surface area contributed by atoms with Gasteiger partial charge in [-0.05, 0) is 96.7 Å². The molecular weight excluding hydrogens is 757 g/mol. The quantitative estimate of drug-likeness (QED) is 0.170. The number of aliphatic hydroxyl groups excluding tert-OH is 1. The first-order valence-electron chi connectivity index (χ1n) is 21.9. The molecule has 2 saturated carbocycles. The fraction of sp³-hybridized carbons (Fsp3) is 0.500. The standard InChI is InChI=1S/C50H58N2O8/c1-48(2)30-38-34(18-19-43-49(3,59-43)21-20-39(38)48)24-32-14-16-33(17-15-32)47(56)57-41-26-37(27-42-44(41)60-50(58-42)28-35-12-8-9-13-36(35)29-50)46(55)52(4)40(45(54)51-22-23-53)25-31-10-6-5-7-11-31/h5-17,24,27,38-44,53H,18-23,25-26,28-30H2,1-4H3,(H,51,54). The Bertz CT molecular complexity index is 2160. The minimum Gasteiger partial charge on any atom is -0.456 e. The molecule has 2 heterocycles. The molecule has 316 valence electrons. The average molecular weight is 815 g/mol. The van der Waals surface area contributed by atoms with Crippen LogP contribution in [0.15, 0.2) is 96.1 Å². The Labute approximate surface area is 353 Å². The first-order valence-corrected chi connectivity index (χ1v) is 21.9. The van der Waals surface area contributed by atoms with E-state index >= 15 is 0 Å². The topological polar surface area (TPSA) is 127 Å². The third-order valence-corrected chi connectivity index (χ3v) is 14.4. The third-order valence-electron chi connectivity index (χ3n) is 14.4. The Morgan fingerprint density at radius 3 is 2.35 bits per heavy atom. The van der Waals surface area contributed by atoms with Crippen LogP contribution in [-0.2, 0) is 47.8 Å². The largest absolute Gasteiger partial charge is 0.456 e. The van der Waals surface area contributed by atoms with Gasteiger partial charge in [-0.2, -0.15) is 0 Å². The maximum absolute atomic E-state index is 14.4. The fourth-order valence-corrected chi connectivity index (χ4v) is 10.9. The second-order valence-electron chi connectivity index (χ2n) is 18.9. The number of aliphatic hydroxyl groups is 1. The molecule has 0 aromatic heterocycles. The van der Waals surface area contributed by atoms with Crippen molar-refractivity contribution in [1.29, 1.82) is 0 Å². The lowest BCUT2D eigenvalue weighted by Gasteiger charge is -2.53. The van der Waals surface area contributed by atoms with E-state index in [2.05, 4.69) is 44.3 Å². The number of ether oxygens (including phenoxy) is 4. The van der Waals surface area contributed by atoms with Gasteiger partial charge in [-0.3, -0.25) is 9.59 Å². The Hall–Kier alpha value is -4.61. The molecule has 8 unspecified atom stereocenters. The van der Waals surface area contributed by atoms with Crippen LogP contribution in [0, 0.1) is 17.3 Å². The lowest BCUT2D eigenvalue weighted by Crippen LogP contribution is -2.51. The van der Waals surface area contributed by atoms with Gasteiger partial charge in [0.15, 0.2) is 5.79 Å². The number of likely N-dealkylation sites (N-methyl/N-ethyl adjacent to an activating group) is 1. The zero-order chi connectivity index (χ0) is 41.8. The Balaban J connectivity index is 0.946. The lowest BCUT2D eigenvalue weighted by molar-refractivity contribution is -0.172. The number of hydrogen-bond donors (Lipinski definition) is 2. The van der Waals surface area contributed by atoms with Crippen LogP contribution in [-0.4, -0.2) is 89.8 Å². The molecule has 6 aliphatic rings. The van der Waals surface area contributed by atoms with Crippen LogP contribution >= 0.6 is 0 Å². The lowest BCUT2D eigenvalue weighted by atomic mass is 9.52. The third kappa shape index (κ3) is 7.99. The summed E-state index contributed by atoms with van der Waals surface area (Å²) in [6.07, 6.45) is 9.35. The van der Waals surface area contributed by atoms with E-state index in [9.17, 15) is 19.5 Å². The first-order chi connectivity index (χ1) is 28.8. The summed E-state index contributed by atoms with van der Waals surface area (Å²) in [6.45, 7) is 6.92. The molecule has 0 radical (unpaired) electrons. The number of carbonyl (C=O) groups is 3. The number of hydrogen-bond acceptors (Lipinski definition) is 8. The molecule has 2 saturated heterocycles. The maximum Gasteiger partial charge on any atom is 0.338 e. The van der Waals surface area contributed by atoms with Crippen LogP contribution in [0.5, 0.6) is 0 Å². The van der Waals surface area contributed by atoms with Crippen LogP contribution in [0.1, 0.15) is 91.9 Å². The van der Waals surface area contributed by atoms with Crippen molar-refractivity contribution in [2.45, 2.75) is 120 Å². The highest BCUT2D eigenvalue weighted by atomic mass is 16.8. The van der Waals surface area contributed by atoms with E-state index in [4.69, 9.17) is 18.9 Å². The number of nitrogens with zero attached hydrogens (tertiary/aromatic N) is 1. The summed E-state index contributed by atoms with van der Waals surface area (Å²) in [7, 11) is 1.61. The van der Waals surface area contributed by atoms with Gasteiger partial charge >= 0.3 is 5.97 Å². The Morgan fingerprint density at radius 2 is 1.65 bits per heavy atom. The number of esters is 1. The summed E-state index contributed by atoms with van der Waals surface area (Å²) in [6, 6.07) is 24.4. The second-order valence-corrected chi connectivity index (χ2v) is 18.9. The van der Waals surface area contributed by atoms with Crippen molar-refractivity contribution in [2.24, 2.45) is 17.3 Å². The summed E-state index contributed by atoms with van der Waals surface area (Å²) < 4.78 is 26.0. The zero-order valence-corrected chi connectivity index (χ0v) is 35.2. The van der Waals surface area contributed by atoms with Gasteiger partial charge in [0.25, 0.3) is 0 Å². The Kier molecular flexibility index (Phi) is 10.9. The van der Waals surface area contributed by atoms with Crippen molar-refractivity contribution >= 4 is 23.9 Å². The van der Waals surface area contributed by atoms with Crippen LogP contribution in [0.3, 0.4) is 0 Å². The van der Waals surface area contributed by atoms with E-state index in [0.717, 1.165) is 41.5 Å². The summed E-state index contributed by atoms with van der Waals surface area (Å²) in [4.78, 5) is 43.4. The molecule has 9 rings (SSSR count). The van der Waals surface area contributed by atoms with Gasteiger partial charge in [0.05, 0.1) is 23.9 Å². The minimum atomic E-state index is -0.950. The van der Waals surface area contributed by atoms with Gasteiger partial charge in [-0.25, -0.2) is 4.79 Å². The molecule has 2 N–H and O–H groups in total. The van der Waals surface area contributed by atoms with Crippen molar-refractivity contribution in [3.63, 3.8) is 0 Å². The second kappa shape index (κ2) is 16.0. The van der Waals surface area contributed by atoms with Crippen molar-refractivity contribution in [1.82, 2.24) is 10.2 Å². The average Bonchev–Trinajstić information content (AvgIpc) is 3.52. The van der Waals surface area contributed by atoms with E-state index < -0.39 is 36.1 Å². The molecule has 1 spiro atoms. The molecule has 0 bridgehead atoms. The number of nitrogens with one attached hydrogen (secondary N) is 1. The molecule has 60 heavy (non-hydrogen) atoms. The highest BCUT2D eigenvalue weighted by Gasteiger charge is 2.57. The number of epoxide rings is 1. The Morgan fingerprint density at radius 1 is 0.933 bits per heavy atom. The molecule has 4 fully saturated rings. The molecular formula is C50H58N2O8. The SMILES string of the molecule is CN(C(=O)C1=CC2OC3(Cc4ccccc4C3)OC2C(OC(=O)c2ccc(C=C3CCC4OC4(C)CCC4C3CC4(C)C)cc2)C1)C(Cc1ccccc1)C(=O)NCCO. The molecule has 8 atom stereocenters. The maximum atomic E-state index is 14.4. The summed E-state index contributed by atoms with van der Waals surface area (Å²) in [5, 5.41) is 12.2. The van der Waals surface area contributed by atoms with Gasteiger partial charge in [-0.1, -0.05) is 92.2 Å². The highest BCUT2D eigenvalue weighted by molar-refractivity contribution is 5.97. The van der Waals surface area contributed by atoms with Gasteiger partial charge in [-0.15, -0.1) is 0 Å². The smallest absolute Gasteiger partial charge is 0.338 e. The van der Waals surface area contributed by atoms with Crippen molar-refractivity contribution in [3.05, 3.63) is 124 Å². The number of fused-ring (bicyclic) bond motifs is 4. The van der Waals surface area contributed by atoms with Gasteiger partial charge < -0.3 is 34.3 Å².